The normalized spacial score (nSPS) is 24.4. The quantitative estimate of drug-likeness (QED) is 0.787. The molecule has 1 atom stereocenters. The first-order valence-electron chi connectivity index (χ1n) is 9.97. The minimum atomic E-state index is -0.744. The number of carbonyl (C=O) groups is 2. The maximum absolute atomic E-state index is 13.8. The van der Waals surface area contributed by atoms with Crippen LogP contribution < -0.4 is 5.32 Å². The first-order valence-corrected chi connectivity index (χ1v) is 9.97. The van der Waals surface area contributed by atoms with Gasteiger partial charge in [-0.3, -0.25) is 9.59 Å². The molecule has 0 bridgehead atoms. The summed E-state index contributed by atoms with van der Waals surface area (Å²) in [7, 11) is 0. The topological polar surface area (TPSA) is 82.1 Å². The van der Waals surface area contributed by atoms with Crippen molar-refractivity contribution in [2.45, 2.75) is 44.0 Å². The molecule has 1 unspecified atom stereocenters. The Labute approximate surface area is 171 Å². The molecule has 1 spiro atoms. The first-order chi connectivity index (χ1) is 14.4. The molecule has 158 valence electrons. The van der Waals surface area contributed by atoms with Gasteiger partial charge in [-0.25, -0.2) is 8.78 Å². The molecule has 1 aromatic rings. The third-order valence-corrected chi connectivity index (χ3v) is 6.17. The van der Waals surface area contributed by atoms with Crippen molar-refractivity contribution in [3.05, 3.63) is 58.6 Å². The molecule has 9 heteroatoms. The van der Waals surface area contributed by atoms with Crippen molar-refractivity contribution in [1.29, 1.82) is 0 Å². The Bertz CT molecular complexity index is 1000. The van der Waals surface area contributed by atoms with Crippen LogP contribution in [0.2, 0.25) is 0 Å². The molecule has 5 rings (SSSR count). The molecule has 2 N–H and O–H groups in total. The average molecular weight is 417 g/mol. The van der Waals surface area contributed by atoms with E-state index in [-0.39, 0.29) is 41.5 Å². The molecule has 3 fully saturated rings. The lowest BCUT2D eigenvalue weighted by molar-refractivity contribution is -0.177. The summed E-state index contributed by atoms with van der Waals surface area (Å²) in [5, 5.41) is 13.2. The Kier molecular flexibility index (Phi) is 4.32. The number of fused-ring (bicyclic) bond motifs is 4. The van der Waals surface area contributed by atoms with Crippen molar-refractivity contribution in [1.82, 2.24) is 15.1 Å². The third kappa shape index (κ3) is 2.87. The SMILES string of the molecule is O=C(NCc1ccc(F)cc1F)C1=CN2C(=C(O)C1)C(=O)N1CCCOC1C21CC1. The number of piperazine rings is 1. The van der Waals surface area contributed by atoms with Crippen LogP contribution in [0.5, 0.6) is 0 Å². The van der Waals surface area contributed by atoms with Crippen molar-refractivity contribution in [3.8, 4) is 0 Å². The van der Waals surface area contributed by atoms with Crippen molar-refractivity contribution in [2.75, 3.05) is 13.2 Å². The molecule has 2 saturated heterocycles. The van der Waals surface area contributed by atoms with Crippen molar-refractivity contribution in [3.63, 3.8) is 0 Å². The van der Waals surface area contributed by atoms with E-state index in [1.54, 1.807) is 16.0 Å². The van der Waals surface area contributed by atoms with E-state index < -0.39 is 29.3 Å². The van der Waals surface area contributed by atoms with Crippen LogP contribution in [0.1, 0.15) is 31.2 Å². The van der Waals surface area contributed by atoms with Crippen LogP contribution in [0.3, 0.4) is 0 Å². The Morgan fingerprint density at radius 2 is 2.13 bits per heavy atom. The molecular formula is C21H21F2N3O4. The maximum Gasteiger partial charge on any atom is 0.276 e. The largest absolute Gasteiger partial charge is 0.510 e. The highest BCUT2D eigenvalue weighted by atomic mass is 19.1. The predicted octanol–water partition coefficient (Wildman–Crippen LogP) is 2.06. The fraction of sp³-hybridized carbons (Fsp3) is 0.429. The van der Waals surface area contributed by atoms with Crippen LogP contribution in [0.25, 0.3) is 0 Å². The summed E-state index contributed by atoms with van der Waals surface area (Å²) < 4.78 is 32.8. The fourth-order valence-electron chi connectivity index (χ4n) is 4.50. The number of nitrogens with zero attached hydrogens (tertiary/aromatic N) is 2. The second-order valence-corrected chi connectivity index (χ2v) is 8.09. The smallest absolute Gasteiger partial charge is 0.276 e. The maximum atomic E-state index is 13.8. The van der Waals surface area contributed by atoms with Gasteiger partial charge in [0.15, 0.2) is 6.23 Å². The van der Waals surface area contributed by atoms with Crippen LogP contribution in [0, 0.1) is 11.6 Å². The van der Waals surface area contributed by atoms with E-state index in [2.05, 4.69) is 5.32 Å². The van der Waals surface area contributed by atoms with E-state index in [1.165, 1.54) is 6.07 Å². The molecule has 3 heterocycles. The van der Waals surface area contributed by atoms with E-state index in [4.69, 9.17) is 4.74 Å². The van der Waals surface area contributed by atoms with Crippen molar-refractivity contribution < 1.29 is 28.2 Å². The van der Waals surface area contributed by atoms with Gasteiger partial charge in [-0.05, 0) is 25.3 Å². The van der Waals surface area contributed by atoms with Gasteiger partial charge in [0.1, 0.15) is 23.1 Å². The number of allylic oxidation sites excluding steroid dienone is 1. The zero-order valence-corrected chi connectivity index (χ0v) is 16.2. The highest BCUT2D eigenvalue weighted by molar-refractivity contribution is 5.99. The highest BCUT2D eigenvalue weighted by Gasteiger charge is 2.63. The van der Waals surface area contributed by atoms with Crippen molar-refractivity contribution >= 4 is 11.8 Å². The molecule has 1 aromatic carbocycles. The number of hydrogen-bond donors (Lipinski definition) is 2. The van der Waals surface area contributed by atoms with Gasteiger partial charge in [0.2, 0.25) is 5.91 Å². The molecule has 1 saturated carbocycles. The van der Waals surface area contributed by atoms with Crippen LogP contribution in [-0.2, 0) is 20.9 Å². The van der Waals surface area contributed by atoms with Gasteiger partial charge < -0.3 is 25.0 Å². The van der Waals surface area contributed by atoms with Crippen LogP contribution in [-0.4, -0.2) is 51.6 Å². The fourth-order valence-corrected chi connectivity index (χ4v) is 4.50. The first kappa shape index (κ1) is 19.0. The number of hydrogen-bond acceptors (Lipinski definition) is 5. The minimum absolute atomic E-state index is 0.0925. The molecule has 0 radical (unpaired) electrons. The molecule has 2 amide bonds. The Hall–Kier alpha value is -2.94. The molecule has 1 aliphatic carbocycles. The summed E-state index contributed by atoms with van der Waals surface area (Å²) in [5.74, 6) is -2.37. The summed E-state index contributed by atoms with van der Waals surface area (Å²) in [6, 6.07) is 3.15. The summed E-state index contributed by atoms with van der Waals surface area (Å²) in [5.41, 5.74) is 0.157. The van der Waals surface area contributed by atoms with E-state index in [1.807, 2.05) is 0 Å². The lowest BCUT2D eigenvalue weighted by atomic mass is 9.96. The lowest BCUT2D eigenvalue weighted by Crippen LogP contribution is -2.64. The van der Waals surface area contributed by atoms with Crippen molar-refractivity contribution in [2.24, 2.45) is 0 Å². The molecule has 0 aromatic heterocycles. The number of halogens is 2. The summed E-state index contributed by atoms with van der Waals surface area (Å²) in [4.78, 5) is 29.0. The molecule has 4 aliphatic rings. The Balaban J connectivity index is 1.38. The number of aliphatic hydroxyl groups excluding tert-OH is 1. The van der Waals surface area contributed by atoms with Gasteiger partial charge in [-0.2, -0.15) is 0 Å². The van der Waals surface area contributed by atoms with Gasteiger partial charge in [0, 0.05) is 42.9 Å². The van der Waals surface area contributed by atoms with Gasteiger partial charge in [0.05, 0.1) is 12.1 Å². The van der Waals surface area contributed by atoms with E-state index in [0.29, 0.717) is 13.2 Å². The number of rotatable bonds is 3. The standard InChI is InChI=1S/C21H21F2N3O4/c22-14-3-2-12(15(23)9-14)10-24-18(28)13-8-16(27)17-19(29)25-6-1-7-30-20(25)21(4-5-21)26(17)11-13/h2-3,9,11,20,27H,1,4-8,10H2,(H,24,28). The molecular weight excluding hydrogens is 396 g/mol. The number of ether oxygens (including phenoxy) is 1. The summed E-state index contributed by atoms with van der Waals surface area (Å²) >= 11 is 0. The van der Waals surface area contributed by atoms with Crippen LogP contribution >= 0.6 is 0 Å². The van der Waals surface area contributed by atoms with Gasteiger partial charge >= 0.3 is 0 Å². The van der Waals surface area contributed by atoms with Gasteiger partial charge in [-0.15, -0.1) is 0 Å². The van der Waals surface area contributed by atoms with E-state index in [9.17, 15) is 23.5 Å². The number of aliphatic hydroxyl groups is 1. The number of nitrogens with one attached hydrogen (secondary N) is 1. The predicted molar refractivity (Wildman–Crippen MR) is 100 cm³/mol. The summed E-state index contributed by atoms with van der Waals surface area (Å²) in [6.07, 6.45) is 3.42. The van der Waals surface area contributed by atoms with Crippen LogP contribution in [0.4, 0.5) is 8.78 Å². The molecule has 30 heavy (non-hydrogen) atoms. The van der Waals surface area contributed by atoms with Gasteiger partial charge in [0.25, 0.3) is 5.91 Å². The van der Waals surface area contributed by atoms with Crippen LogP contribution in [0.15, 0.2) is 41.4 Å². The monoisotopic (exact) mass is 417 g/mol. The third-order valence-electron chi connectivity index (χ3n) is 6.17. The van der Waals surface area contributed by atoms with E-state index >= 15 is 0 Å². The Morgan fingerprint density at radius 1 is 1.33 bits per heavy atom. The second-order valence-electron chi connectivity index (χ2n) is 8.09. The van der Waals surface area contributed by atoms with E-state index in [0.717, 1.165) is 31.4 Å². The zero-order chi connectivity index (χ0) is 21.0. The number of benzene rings is 1. The number of amides is 2. The number of carbonyl (C=O) groups excluding carboxylic acids is 2. The minimum Gasteiger partial charge on any atom is -0.510 e. The average Bonchev–Trinajstić information content (AvgIpc) is 3.53. The van der Waals surface area contributed by atoms with Gasteiger partial charge in [-0.1, -0.05) is 6.07 Å². The zero-order valence-electron chi connectivity index (χ0n) is 16.2. The summed E-state index contributed by atoms with van der Waals surface area (Å²) in [6.45, 7) is 1.02. The lowest BCUT2D eigenvalue weighted by Gasteiger charge is -2.51. The second kappa shape index (κ2) is 6.80. The Morgan fingerprint density at radius 3 is 2.87 bits per heavy atom. The molecule has 3 aliphatic heterocycles. The highest BCUT2D eigenvalue weighted by Crippen LogP contribution is 2.54. The molecule has 7 nitrogen and oxygen atoms in total.